The first kappa shape index (κ1) is 33.4. The summed E-state index contributed by atoms with van der Waals surface area (Å²) in [5, 5.41) is 11.4. The van der Waals surface area contributed by atoms with Gasteiger partial charge in [-0.3, -0.25) is 0 Å². The monoisotopic (exact) mass is 788 g/mol. The lowest BCUT2D eigenvalue weighted by Gasteiger charge is -2.16. The third kappa shape index (κ3) is 4.65. The Labute approximate surface area is 354 Å². The van der Waals surface area contributed by atoms with Crippen molar-refractivity contribution < 1.29 is 4.42 Å². The third-order valence-corrected chi connectivity index (χ3v) is 12.9. The van der Waals surface area contributed by atoms with E-state index in [1.54, 1.807) is 0 Å². The first-order valence-corrected chi connectivity index (χ1v) is 21.0. The number of para-hydroxylation sites is 1. The second-order valence-corrected chi connectivity index (χ2v) is 16.3. The summed E-state index contributed by atoms with van der Waals surface area (Å²) in [5.41, 5.74) is 12.7. The van der Waals surface area contributed by atoms with E-state index < -0.39 is 0 Å². The molecule has 14 rings (SSSR count). The highest BCUT2D eigenvalue weighted by atomic mass is 16.3. The van der Waals surface area contributed by atoms with E-state index in [4.69, 9.17) is 19.4 Å². The van der Waals surface area contributed by atoms with Gasteiger partial charge in [-0.25, -0.2) is 15.0 Å². The van der Waals surface area contributed by atoms with Crippen LogP contribution in [0, 0.1) is 0 Å². The standard InChI is InChI=1S/C57H32N4O/c1-2-14-35(15-3-1)55-58-56(37-28-27-33-13-4-5-16-36(33)31-37)60-57(59-55)45-32-44-40-20-8-9-26-49(40)62-54(44)52-43(45)23-12-25-47(52)61-46-24-11-22-42-39-19-7-6-18-38(39)41-21-10-17-34-29-30-48(61)53(50(34)41)51(42)46/h1-32H. The van der Waals surface area contributed by atoms with Crippen LogP contribution in [0.3, 0.4) is 0 Å². The number of aromatic nitrogens is 4. The minimum atomic E-state index is 0.600. The first-order valence-electron chi connectivity index (χ1n) is 21.0. The fraction of sp³-hybridized carbons (Fsp3) is 0. The highest BCUT2D eigenvalue weighted by Gasteiger charge is 2.27. The average molecular weight is 789 g/mol. The summed E-state index contributed by atoms with van der Waals surface area (Å²) in [5.74, 6) is 1.84. The van der Waals surface area contributed by atoms with Crippen LogP contribution in [0.5, 0.6) is 0 Å². The number of hydrogen-bond acceptors (Lipinski definition) is 4. The molecule has 10 aromatic carbocycles. The van der Waals surface area contributed by atoms with Gasteiger partial charge in [-0.05, 0) is 85.6 Å². The summed E-state index contributed by atoms with van der Waals surface area (Å²) < 4.78 is 9.41. The van der Waals surface area contributed by atoms with E-state index >= 15 is 0 Å². The normalized spacial score (nSPS) is 12.2. The Balaban J connectivity index is 1.12. The van der Waals surface area contributed by atoms with Gasteiger partial charge < -0.3 is 8.98 Å². The molecular weight excluding hydrogens is 757 g/mol. The number of hydrogen-bond donors (Lipinski definition) is 0. The van der Waals surface area contributed by atoms with Crippen molar-refractivity contribution in [1.82, 2.24) is 19.5 Å². The van der Waals surface area contributed by atoms with Crippen molar-refractivity contribution in [3.05, 3.63) is 194 Å². The van der Waals surface area contributed by atoms with Crippen molar-refractivity contribution in [3.8, 4) is 62.1 Å². The molecule has 62 heavy (non-hydrogen) atoms. The molecule has 0 spiro atoms. The van der Waals surface area contributed by atoms with E-state index in [0.717, 1.165) is 71.5 Å². The van der Waals surface area contributed by atoms with E-state index in [1.807, 2.05) is 24.3 Å². The molecule has 0 saturated heterocycles. The van der Waals surface area contributed by atoms with Crippen LogP contribution < -0.4 is 0 Å². The Kier molecular flexibility index (Phi) is 6.77. The summed E-state index contributed by atoms with van der Waals surface area (Å²) in [4.78, 5) is 15.8. The summed E-state index contributed by atoms with van der Waals surface area (Å²) >= 11 is 0. The molecule has 5 nitrogen and oxygen atoms in total. The topological polar surface area (TPSA) is 56.7 Å². The highest BCUT2D eigenvalue weighted by Crippen LogP contribution is 2.51. The number of nitrogens with zero attached hydrogens (tertiary/aromatic N) is 4. The van der Waals surface area contributed by atoms with Gasteiger partial charge in [-0.2, -0.15) is 0 Å². The van der Waals surface area contributed by atoms with Crippen molar-refractivity contribution in [2.45, 2.75) is 0 Å². The molecule has 3 heterocycles. The molecule has 13 aromatic rings. The van der Waals surface area contributed by atoms with Gasteiger partial charge >= 0.3 is 0 Å². The van der Waals surface area contributed by atoms with Crippen LogP contribution in [0.15, 0.2) is 199 Å². The second kappa shape index (κ2) is 12.6. The van der Waals surface area contributed by atoms with Crippen molar-refractivity contribution in [1.29, 1.82) is 0 Å². The molecule has 5 heteroatoms. The summed E-state index contributed by atoms with van der Waals surface area (Å²) in [7, 11) is 0. The van der Waals surface area contributed by atoms with Crippen LogP contribution in [0.25, 0.3) is 138 Å². The maximum absolute atomic E-state index is 6.95. The Morgan fingerprint density at radius 3 is 1.84 bits per heavy atom. The fourth-order valence-electron chi connectivity index (χ4n) is 10.2. The molecule has 0 amide bonds. The van der Waals surface area contributed by atoms with Gasteiger partial charge in [0.05, 0.1) is 16.7 Å². The Morgan fingerprint density at radius 1 is 0.339 bits per heavy atom. The molecule has 1 aliphatic rings. The van der Waals surface area contributed by atoms with E-state index in [1.165, 1.54) is 49.2 Å². The van der Waals surface area contributed by atoms with E-state index in [9.17, 15) is 0 Å². The van der Waals surface area contributed by atoms with Crippen LogP contribution in [0.4, 0.5) is 0 Å². The van der Waals surface area contributed by atoms with Crippen molar-refractivity contribution in [2.75, 3.05) is 0 Å². The zero-order valence-corrected chi connectivity index (χ0v) is 33.2. The lowest BCUT2D eigenvalue weighted by Crippen LogP contribution is -2.01. The summed E-state index contributed by atoms with van der Waals surface area (Å²) in [6, 6.07) is 69.0. The number of rotatable bonds is 4. The first-order chi connectivity index (χ1) is 30.7. The number of fused-ring (bicyclic) bond motifs is 9. The van der Waals surface area contributed by atoms with Crippen LogP contribution in [0.2, 0.25) is 0 Å². The summed E-state index contributed by atoms with van der Waals surface area (Å²) in [6.07, 6.45) is 0. The molecule has 0 bridgehead atoms. The zero-order chi connectivity index (χ0) is 40.5. The minimum Gasteiger partial charge on any atom is -0.455 e. The second-order valence-electron chi connectivity index (χ2n) is 16.3. The Hall–Kier alpha value is -8.41. The predicted molar refractivity (Wildman–Crippen MR) is 255 cm³/mol. The molecule has 0 aliphatic heterocycles. The molecular formula is C57H32N4O. The smallest absolute Gasteiger partial charge is 0.164 e. The van der Waals surface area contributed by atoms with Gasteiger partial charge in [0, 0.05) is 43.6 Å². The number of benzene rings is 10. The molecule has 3 aromatic heterocycles. The fourth-order valence-corrected chi connectivity index (χ4v) is 10.2. The molecule has 1 aliphatic carbocycles. The van der Waals surface area contributed by atoms with Gasteiger partial charge in [0.25, 0.3) is 0 Å². The van der Waals surface area contributed by atoms with Crippen LogP contribution in [-0.2, 0) is 0 Å². The van der Waals surface area contributed by atoms with Gasteiger partial charge in [0.15, 0.2) is 17.5 Å². The predicted octanol–water partition coefficient (Wildman–Crippen LogP) is 15.0. The molecule has 286 valence electrons. The Morgan fingerprint density at radius 2 is 0.968 bits per heavy atom. The molecule has 0 N–H and O–H groups in total. The van der Waals surface area contributed by atoms with Gasteiger partial charge in [-0.15, -0.1) is 0 Å². The minimum absolute atomic E-state index is 0.600. The maximum Gasteiger partial charge on any atom is 0.164 e. The molecule has 0 unspecified atom stereocenters. The lowest BCUT2D eigenvalue weighted by molar-refractivity contribution is 0.672. The number of furan rings is 1. The summed E-state index contributed by atoms with van der Waals surface area (Å²) in [6.45, 7) is 0. The maximum atomic E-state index is 6.95. The largest absolute Gasteiger partial charge is 0.455 e. The highest BCUT2D eigenvalue weighted by molar-refractivity contribution is 6.31. The molecule has 0 fully saturated rings. The van der Waals surface area contributed by atoms with Crippen molar-refractivity contribution in [2.24, 2.45) is 0 Å². The van der Waals surface area contributed by atoms with Crippen molar-refractivity contribution >= 4 is 76.1 Å². The molecule has 0 radical (unpaired) electrons. The van der Waals surface area contributed by atoms with E-state index in [-0.39, 0.29) is 0 Å². The quantitative estimate of drug-likeness (QED) is 0.178. The lowest BCUT2D eigenvalue weighted by atomic mass is 9.93. The van der Waals surface area contributed by atoms with Crippen molar-refractivity contribution in [3.63, 3.8) is 0 Å². The van der Waals surface area contributed by atoms with Crippen LogP contribution >= 0.6 is 0 Å². The van der Waals surface area contributed by atoms with E-state index in [0.29, 0.717) is 17.5 Å². The average Bonchev–Trinajstić information content (AvgIpc) is 3.85. The van der Waals surface area contributed by atoms with Gasteiger partial charge in [-0.1, -0.05) is 158 Å². The van der Waals surface area contributed by atoms with Gasteiger partial charge in [0.1, 0.15) is 11.2 Å². The zero-order valence-electron chi connectivity index (χ0n) is 33.2. The molecule has 0 saturated carbocycles. The SMILES string of the molecule is c1ccc(-c2nc(-c3ccc4ccccc4c3)nc(-c3cc4c5ccccc5oc4c4c(-n5c6cccc7c6c6c8c(cccc8ccc65)-c5ccccc5-7)cccc34)n2)cc1. The molecule has 0 atom stereocenters. The van der Waals surface area contributed by atoms with Crippen LogP contribution in [-0.4, -0.2) is 19.5 Å². The Bertz CT molecular complexity index is 4050. The van der Waals surface area contributed by atoms with Crippen LogP contribution in [0.1, 0.15) is 0 Å². The third-order valence-electron chi connectivity index (χ3n) is 12.9. The van der Waals surface area contributed by atoms with Gasteiger partial charge in [0.2, 0.25) is 0 Å². The van der Waals surface area contributed by atoms with E-state index in [2.05, 4.69) is 174 Å².